The molecule has 0 atom stereocenters. The van der Waals surface area contributed by atoms with Crippen LogP contribution in [0.3, 0.4) is 0 Å². The van der Waals surface area contributed by atoms with Gasteiger partial charge in [0.15, 0.2) is 6.29 Å². The third-order valence-electron chi connectivity index (χ3n) is 1.50. The van der Waals surface area contributed by atoms with Crippen molar-refractivity contribution in [2.75, 3.05) is 12.8 Å². The van der Waals surface area contributed by atoms with Crippen LogP contribution in [0.15, 0.2) is 16.6 Å². The van der Waals surface area contributed by atoms with Crippen molar-refractivity contribution in [1.82, 2.24) is 0 Å². The van der Waals surface area contributed by atoms with Gasteiger partial charge in [-0.1, -0.05) is 0 Å². The molecule has 12 heavy (non-hydrogen) atoms. The first-order valence-corrected chi connectivity index (χ1v) is 4.07. The first-order valence-electron chi connectivity index (χ1n) is 3.28. The van der Waals surface area contributed by atoms with Crippen molar-refractivity contribution in [3.8, 4) is 5.75 Å². The number of aldehydes is 1. The van der Waals surface area contributed by atoms with Crippen LogP contribution in [0.1, 0.15) is 10.4 Å². The molecule has 0 aromatic heterocycles. The molecule has 0 aliphatic rings. The molecule has 0 heterocycles. The highest BCUT2D eigenvalue weighted by atomic mass is 79.9. The Morgan fingerprint density at radius 2 is 2.25 bits per heavy atom. The second-order valence-electron chi connectivity index (χ2n) is 2.20. The largest absolute Gasteiger partial charge is 0.495 e. The third-order valence-corrected chi connectivity index (χ3v) is 2.13. The Kier molecular flexibility index (Phi) is 2.70. The summed E-state index contributed by atoms with van der Waals surface area (Å²) in [6.45, 7) is 0. The maximum atomic E-state index is 10.6. The van der Waals surface area contributed by atoms with Gasteiger partial charge in [0.2, 0.25) is 0 Å². The molecule has 4 heteroatoms. The lowest BCUT2D eigenvalue weighted by Crippen LogP contribution is -1.97. The number of carbonyl (C=O) groups excluding carboxylic acids is 1. The molecule has 0 aliphatic heterocycles. The molecule has 0 saturated heterocycles. The van der Waals surface area contributed by atoms with Crippen molar-refractivity contribution in [3.63, 3.8) is 0 Å². The minimum absolute atomic E-state index is 0.381. The predicted molar refractivity (Wildman–Crippen MR) is 50.5 cm³/mol. The van der Waals surface area contributed by atoms with Gasteiger partial charge in [0, 0.05) is 5.69 Å². The number of benzene rings is 1. The quantitative estimate of drug-likeness (QED) is 0.623. The van der Waals surface area contributed by atoms with Crippen molar-refractivity contribution >= 4 is 27.9 Å². The van der Waals surface area contributed by atoms with E-state index < -0.39 is 0 Å². The topological polar surface area (TPSA) is 52.3 Å². The van der Waals surface area contributed by atoms with Crippen molar-refractivity contribution in [2.24, 2.45) is 0 Å². The Balaban J connectivity index is 3.38. The van der Waals surface area contributed by atoms with E-state index in [4.69, 9.17) is 10.5 Å². The fraction of sp³-hybridized carbons (Fsp3) is 0.125. The van der Waals surface area contributed by atoms with E-state index in [0.717, 1.165) is 4.47 Å². The molecule has 1 aromatic rings. The lowest BCUT2D eigenvalue weighted by Gasteiger charge is -2.07. The van der Waals surface area contributed by atoms with E-state index in [9.17, 15) is 4.79 Å². The van der Waals surface area contributed by atoms with Crippen molar-refractivity contribution in [3.05, 3.63) is 22.2 Å². The predicted octanol–water partition coefficient (Wildman–Crippen LogP) is 1.85. The first-order chi connectivity index (χ1) is 5.70. The number of hydrogen-bond donors (Lipinski definition) is 1. The summed E-state index contributed by atoms with van der Waals surface area (Å²) in [6.07, 6.45) is 0.679. The minimum atomic E-state index is 0.381. The number of ether oxygens (including phenoxy) is 1. The van der Waals surface area contributed by atoms with Crippen molar-refractivity contribution < 1.29 is 9.53 Å². The molecule has 2 N–H and O–H groups in total. The number of methoxy groups -OCH3 is 1. The highest BCUT2D eigenvalue weighted by Crippen LogP contribution is 2.31. The highest BCUT2D eigenvalue weighted by molar-refractivity contribution is 9.10. The van der Waals surface area contributed by atoms with E-state index in [1.807, 2.05) is 0 Å². The second-order valence-corrected chi connectivity index (χ2v) is 3.06. The average Bonchev–Trinajstić information content (AvgIpc) is 2.08. The average molecular weight is 230 g/mol. The number of halogens is 1. The molecule has 0 unspecified atom stereocenters. The highest BCUT2D eigenvalue weighted by Gasteiger charge is 2.09. The molecule has 0 amide bonds. The fourth-order valence-corrected chi connectivity index (χ4v) is 1.42. The summed E-state index contributed by atoms with van der Waals surface area (Å²) in [6, 6.07) is 3.39. The lowest BCUT2D eigenvalue weighted by molar-refractivity contribution is 0.112. The van der Waals surface area contributed by atoms with E-state index in [1.165, 1.54) is 7.11 Å². The molecule has 0 spiro atoms. The van der Waals surface area contributed by atoms with Crippen molar-refractivity contribution in [2.45, 2.75) is 0 Å². The zero-order chi connectivity index (χ0) is 9.14. The first kappa shape index (κ1) is 9.06. The Morgan fingerprint density at radius 1 is 1.58 bits per heavy atom. The summed E-state index contributed by atoms with van der Waals surface area (Å²) in [5.74, 6) is 0.477. The van der Waals surface area contributed by atoms with E-state index >= 15 is 0 Å². The number of nitrogen functional groups attached to an aromatic ring is 1. The molecule has 0 aliphatic carbocycles. The Labute approximate surface area is 78.6 Å². The molecular formula is C8H8BrNO2. The molecule has 1 aromatic carbocycles. The van der Waals surface area contributed by atoms with Crippen LogP contribution in [-0.4, -0.2) is 13.4 Å². The van der Waals surface area contributed by atoms with Gasteiger partial charge in [-0.05, 0) is 28.1 Å². The Hall–Kier alpha value is -1.03. The van der Waals surface area contributed by atoms with Gasteiger partial charge in [0.25, 0.3) is 0 Å². The van der Waals surface area contributed by atoms with Crippen LogP contribution in [0.5, 0.6) is 5.75 Å². The minimum Gasteiger partial charge on any atom is -0.495 e. The van der Waals surface area contributed by atoms with Crippen LogP contribution in [-0.2, 0) is 0 Å². The summed E-state index contributed by atoms with van der Waals surface area (Å²) < 4.78 is 5.71. The van der Waals surface area contributed by atoms with Gasteiger partial charge < -0.3 is 10.5 Å². The third kappa shape index (κ3) is 1.43. The fourth-order valence-electron chi connectivity index (χ4n) is 0.917. The number of rotatable bonds is 2. The number of carbonyl (C=O) groups is 1. The number of nitrogens with two attached hydrogens (primary N) is 1. The molecule has 0 saturated carbocycles. The van der Waals surface area contributed by atoms with Gasteiger partial charge in [0.05, 0.1) is 17.1 Å². The number of anilines is 1. The van der Waals surface area contributed by atoms with E-state index in [1.54, 1.807) is 12.1 Å². The van der Waals surface area contributed by atoms with Gasteiger partial charge in [-0.2, -0.15) is 0 Å². The van der Waals surface area contributed by atoms with Crippen molar-refractivity contribution in [1.29, 1.82) is 0 Å². The van der Waals surface area contributed by atoms with E-state index in [0.29, 0.717) is 23.3 Å². The SMILES string of the molecule is COc1c(Br)ccc(N)c1C=O. The van der Waals surface area contributed by atoms with Crippen LogP contribution in [0.2, 0.25) is 0 Å². The summed E-state index contributed by atoms with van der Waals surface area (Å²) in [5, 5.41) is 0. The standard InChI is InChI=1S/C8H8BrNO2/c1-12-8-5(4-11)7(10)3-2-6(8)9/h2-4H,10H2,1H3. The lowest BCUT2D eigenvalue weighted by atomic mass is 10.2. The summed E-state index contributed by atoms with van der Waals surface area (Å²) in [5.41, 5.74) is 6.35. The second kappa shape index (κ2) is 3.58. The Morgan fingerprint density at radius 3 is 2.67 bits per heavy atom. The van der Waals surface area contributed by atoms with E-state index in [-0.39, 0.29) is 0 Å². The molecule has 0 bridgehead atoms. The molecule has 3 nitrogen and oxygen atoms in total. The molecular weight excluding hydrogens is 222 g/mol. The maximum Gasteiger partial charge on any atom is 0.155 e. The summed E-state index contributed by atoms with van der Waals surface area (Å²) in [7, 11) is 1.49. The van der Waals surface area contributed by atoms with Crippen LogP contribution in [0.4, 0.5) is 5.69 Å². The number of hydrogen-bond acceptors (Lipinski definition) is 3. The Bertz CT molecular complexity index is 312. The van der Waals surface area contributed by atoms with E-state index in [2.05, 4.69) is 15.9 Å². The molecule has 64 valence electrons. The zero-order valence-electron chi connectivity index (χ0n) is 6.50. The van der Waals surface area contributed by atoms with Crippen LogP contribution >= 0.6 is 15.9 Å². The van der Waals surface area contributed by atoms with Crippen LogP contribution in [0, 0.1) is 0 Å². The van der Waals surface area contributed by atoms with Crippen LogP contribution < -0.4 is 10.5 Å². The van der Waals surface area contributed by atoms with Gasteiger partial charge in [0.1, 0.15) is 5.75 Å². The maximum absolute atomic E-state index is 10.6. The summed E-state index contributed by atoms with van der Waals surface area (Å²) >= 11 is 3.24. The molecule has 0 radical (unpaired) electrons. The zero-order valence-corrected chi connectivity index (χ0v) is 8.09. The smallest absolute Gasteiger partial charge is 0.155 e. The van der Waals surface area contributed by atoms with Gasteiger partial charge >= 0.3 is 0 Å². The molecule has 0 fully saturated rings. The molecule has 1 rings (SSSR count). The summed E-state index contributed by atoms with van der Waals surface area (Å²) in [4.78, 5) is 10.6. The monoisotopic (exact) mass is 229 g/mol. The van der Waals surface area contributed by atoms with Gasteiger partial charge in [-0.3, -0.25) is 4.79 Å². The normalized spacial score (nSPS) is 9.50. The van der Waals surface area contributed by atoms with Gasteiger partial charge in [-0.25, -0.2) is 0 Å². The van der Waals surface area contributed by atoms with Crippen LogP contribution in [0.25, 0.3) is 0 Å². The van der Waals surface area contributed by atoms with Gasteiger partial charge in [-0.15, -0.1) is 0 Å².